The molecule has 0 saturated heterocycles. The van der Waals surface area contributed by atoms with Crippen LogP contribution in [0, 0.1) is 34.6 Å². The van der Waals surface area contributed by atoms with Crippen molar-refractivity contribution in [2.45, 2.75) is 34.6 Å². The molecule has 2 rings (SSSR count). The first-order valence-corrected chi connectivity index (χ1v) is 6.30. The van der Waals surface area contributed by atoms with Crippen LogP contribution in [0.5, 0.6) is 0 Å². The SMILES string of the molecule is Cc1c(C)c(C)c2c(N=C(N)N)ncc(C)c2c1C. The molecule has 4 heteroatoms. The molecule has 0 radical (unpaired) electrons. The van der Waals surface area contributed by atoms with E-state index in [1.54, 1.807) is 0 Å². The van der Waals surface area contributed by atoms with E-state index in [9.17, 15) is 0 Å². The van der Waals surface area contributed by atoms with Crippen LogP contribution in [0.1, 0.15) is 27.8 Å². The summed E-state index contributed by atoms with van der Waals surface area (Å²) in [5, 5.41) is 2.25. The summed E-state index contributed by atoms with van der Waals surface area (Å²) in [6.45, 7) is 10.6. The second kappa shape index (κ2) is 4.53. The highest BCUT2D eigenvalue weighted by molar-refractivity contribution is 6.00. The lowest BCUT2D eigenvalue weighted by Gasteiger charge is -2.16. The molecule has 1 aromatic carbocycles. The third-order valence-electron chi connectivity index (χ3n) is 3.92. The molecule has 0 spiro atoms. The van der Waals surface area contributed by atoms with E-state index in [2.05, 4.69) is 44.6 Å². The highest BCUT2D eigenvalue weighted by Crippen LogP contribution is 2.35. The second-order valence-electron chi connectivity index (χ2n) is 5.05. The van der Waals surface area contributed by atoms with Crippen molar-refractivity contribution in [3.8, 4) is 0 Å². The summed E-state index contributed by atoms with van der Waals surface area (Å²) in [4.78, 5) is 8.53. The molecule has 4 N–H and O–H groups in total. The van der Waals surface area contributed by atoms with Gasteiger partial charge < -0.3 is 11.5 Å². The predicted molar refractivity (Wildman–Crippen MR) is 80.9 cm³/mol. The molecule has 2 aromatic rings. The molecule has 4 nitrogen and oxygen atoms in total. The summed E-state index contributed by atoms with van der Waals surface area (Å²) in [6, 6.07) is 0. The third-order valence-corrected chi connectivity index (χ3v) is 3.92. The molecule has 0 atom stereocenters. The predicted octanol–water partition coefficient (Wildman–Crippen LogP) is 2.68. The van der Waals surface area contributed by atoms with Gasteiger partial charge in [0, 0.05) is 11.6 Å². The Hall–Kier alpha value is -2.10. The average Bonchev–Trinajstić information content (AvgIpc) is 2.35. The minimum absolute atomic E-state index is 0.0351. The molecule has 0 aliphatic carbocycles. The summed E-state index contributed by atoms with van der Waals surface area (Å²) in [5.41, 5.74) is 17.2. The first kappa shape index (κ1) is 13.3. The van der Waals surface area contributed by atoms with Crippen LogP contribution < -0.4 is 11.5 Å². The van der Waals surface area contributed by atoms with Gasteiger partial charge in [-0.3, -0.25) is 0 Å². The monoisotopic (exact) mass is 256 g/mol. The number of pyridine rings is 1. The minimum Gasteiger partial charge on any atom is -0.370 e. The van der Waals surface area contributed by atoms with E-state index in [4.69, 9.17) is 11.5 Å². The Labute approximate surface area is 113 Å². The number of rotatable bonds is 1. The highest BCUT2D eigenvalue weighted by Gasteiger charge is 2.14. The van der Waals surface area contributed by atoms with Gasteiger partial charge in [0.2, 0.25) is 0 Å². The van der Waals surface area contributed by atoms with E-state index in [1.807, 2.05) is 6.20 Å². The van der Waals surface area contributed by atoms with Crippen LogP contribution in [0.15, 0.2) is 11.2 Å². The molecule has 100 valence electrons. The average molecular weight is 256 g/mol. The Balaban J connectivity index is 3.06. The highest BCUT2D eigenvalue weighted by atomic mass is 15.0. The summed E-state index contributed by atoms with van der Waals surface area (Å²) in [6.07, 6.45) is 1.82. The molecule has 0 saturated carbocycles. The topological polar surface area (TPSA) is 77.3 Å². The van der Waals surface area contributed by atoms with Gasteiger partial charge in [0.25, 0.3) is 0 Å². The van der Waals surface area contributed by atoms with Gasteiger partial charge in [0.1, 0.15) is 0 Å². The lowest BCUT2D eigenvalue weighted by atomic mass is 9.90. The van der Waals surface area contributed by atoms with Gasteiger partial charge in [-0.05, 0) is 67.8 Å². The van der Waals surface area contributed by atoms with Crippen LogP contribution in [0.2, 0.25) is 0 Å². The van der Waals surface area contributed by atoms with Crippen molar-refractivity contribution in [2.24, 2.45) is 16.5 Å². The maximum atomic E-state index is 5.50. The van der Waals surface area contributed by atoms with Crippen molar-refractivity contribution in [1.82, 2.24) is 4.98 Å². The summed E-state index contributed by atoms with van der Waals surface area (Å²) < 4.78 is 0. The lowest BCUT2D eigenvalue weighted by Crippen LogP contribution is -2.22. The normalized spacial score (nSPS) is 10.8. The molecule has 0 amide bonds. The molecule has 0 fully saturated rings. The molecule has 0 unspecified atom stereocenters. The Kier molecular flexibility index (Phi) is 3.18. The summed E-state index contributed by atoms with van der Waals surface area (Å²) in [7, 11) is 0. The quantitative estimate of drug-likeness (QED) is 0.608. The lowest BCUT2D eigenvalue weighted by molar-refractivity contribution is 1.20. The van der Waals surface area contributed by atoms with Crippen molar-refractivity contribution in [1.29, 1.82) is 0 Å². The first-order chi connectivity index (χ1) is 8.84. The van der Waals surface area contributed by atoms with E-state index in [0.717, 1.165) is 10.9 Å². The minimum atomic E-state index is 0.0351. The number of aliphatic imine (C=N–C) groups is 1. The Morgan fingerprint density at radius 2 is 1.42 bits per heavy atom. The molecular weight excluding hydrogens is 236 g/mol. The zero-order chi connectivity index (χ0) is 14.3. The molecule has 19 heavy (non-hydrogen) atoms. The zero-order valence-electron chi connectivity index (χ0n) is 12.1. The van der Waals surface area contributed by atoms with E-state index in [1.165, 1.54) is 27.6 Å². The van der Waals surface area contributed by atoms with Crippen LogP contribution in [-0.4, -0.2) is 10.9 Å². The summed E-state index contributed by atoms with van der Waals surface area (Å²) >= 11 is 0. The van der Waals surface area contributed by atoms with Crippen molar-refractivity contribution < 1.29 is 0 Å². The molecule has 0 bridgehead atoms. The third kappa shape index (κ3) is 2.03. The smallest absolute Gasteiger partial charge is 0.192 e. The van der Waals surface area contributed by atoms with Gasteiger partial charge in [-0.15, -0.1) is 0 Å². The number of aryl methyl sites for hydroxylation is 3. The van der Waals surface area contributed by atoms with Gasteiger partial charge in [-0.25, -0.2) is 4.98 Å². The van der Waals surface area contributed by atoms with Crippen molar-refractivity contribution in [3.05, 3.63) is 34.0 Å². The standard InChI is InChI=1S/C15H20N4/c1-7-6-18-14(19-15(16)17)13-11(5)9(3)8(2)10(4)12(7)13/h6H,1-5H3,(H4,16,17,18,19). The maximum absolute atomic E-state index is 5.50. The van der Waals surface area contributed by atoms with E-state index in [0.29, 0.717) is 5.82 Å². The fourth-order valence-corrected chi connectivity index (χ4v) is 2.58. The number of benzene rings is 1. The number of hydrogen-bond acceptors (Lipinski definition) is 2. The molecular formula is C15H20N4. The van der Waals surface area contributed by atoms with Crippen molar-refractivity contribution in [2.75, 3.05) is 0 Å². The van der Waals surface area contributed by atoms with Crippen LogP contribution in [0.4, 0.5) is 5.82 Å². The van der Waals surface area contributed by atoms with Crippen LogP contribution >= 0.6 is 0 Å². The fourth-order valence-electron chi connectivity index (χ4n) is 2.58. The molecule has 1 heterocycles. The number of nitrogens with two attached hydrogens (primary N) is 2. The Morgan fingerprint density at radius 3 is 1.95 bits per heavy atom. The number of nitrogens with zero attached hydrogens (tertiary/aromatic N) is 2. The van der Waals surface area contributed by atoms with Gasteiger partial charge in [-0.2, -0.15) is 4.99 Å². The van der Waals surface area contributed by atoms with Crippen LogP contribution in [-0.2, 0) is 0 Å². The Morgan fingerprint density at radius 1 is 0.895 bits per heavy atom. The number of hydrogen-bond donors (Lipinski definition) is 2. The molecule has 1 aromatic heterocycles. The number of guanidine groups is 1. The number of fused-ring (bicyclic) bond motifs is 1. The first-order valence-electron chi connectivity index (χ1n) is 6.30. The second-order valence-corrected chi connectivity index (χ2v) is 5.05. The largest absolute Gasteiger partial charge is 0.370 e. The number of aromatic nitrogens is 1. The van der Waals surface area contributed by atoms with E-state index >= 15 is 0 Å². The maximum Gasteiger partial charge on any atom is 0.192 e. The van der Waals surface area contributed by atoms with E-state index in [-0.39, 0.29) is 5.96 Å². The summed E-state index contributed by atoms with van der Waals surface area (Å²) in [5.74, 6) is 0.636. The molecule has 0 aliphatic heterocycles. The van der Waals surface area contributed by atoms with E-state index < -0.39 is 0 Å². The van der Waals surface area contributed by atoms with Gasteiger partial charge in [0.05, 0.1) is 0 Å². The van der Waals surface area contributed by atoms with Crippen LogP contribution in [0.3, 0.4) is 0 Å². The fraction of sp³-hybridized carbons (Fsp3) is 0.333. The van der Waals surface area contributed by atoms with Crippen molar-refractivity contribution in [3.63, 3.8) is 0 Å². The van der Waals surface area contributed by atoms with Crippen molar-refractivity contribution >= 4 is 22.5 Å². The Bertz CT molecular complexity index is 695. The zero-order valence-corrected chi connectivity index (χ0v) is 12.1. The van der Waals surface area contributed by atoms with Gasteiger partial charge >= 0.3 is 0 Å². The molecule has 0 aliphatic rings. The van der Waals surface area contributed by atoms with Gasteiger partial charge in [-0.1, -0.05) is 0 Å². The van der Waals surface area contributed by atoms with Crippen LogP contribution in [0.25, 0.3) is 10.8 Å². The van der Waals surface area contributed by atoms with Gasteiger partial charge in [0.15, 0.2) is 11.8 Å².